The lowest BCUT2D eigenvalue weighted by molar-refractivity contribution is -0.139. The van der Waals surface area contributed by atoms with Crippen molar-refractivity contribution in [3.63, 3.8) is 0 Å². The van der Waals surface area contributed by atoms with E-state index in [4.69, 9.17) is 36.1 Å². The standard InChI is InChI=1S/C48H83N16O25P3S3/c1-48(2,23-86-92(83,84)89-91(81,82)85-20-30-38(88-90(78,79)80)37(70)45(87-30)64-25-61-36-40(51)59-24-60-41(36)64)39(71)44(74)56-15-10-31(65)55-16-17-95-47(77)27(50)7-9-33(67)63-29(22-94)43(73)57-18-34(68)53-13-4-3-11-52-12-5-14-54-35(69)19-58-42(72)28(21-93)62-32(66)8-6-26(49)46(75)76/h24-30,37-39,45,52,70-71,93-94H,3-23,49-50H2,1-2H3,(H,53,68)(H,54,69)(H,55,65)(H,56,74)(H,57,73)(H,58,72)(H,62,66)(H,63,67)(H,75,76)(H,81,82)(H,83,84)(H2,51,59,60)(H2,78,79,80). The number of phosphoric acid groups is 3. The number of anilines is 1. The van der Waals surface area contributed by atoms with Gasteiger partial charge in [-0.05, 0) is 45.2 Å². The predicted octanol–water partition coefficient (Wildman–Crippen LogP) is -5.98. The summed E-state index contributed by atoms with van der Waals surface area (Å²) in [5.74, 6) is -6.60. The Morgan fingerprint density at radius 1 is 0.705 bits per heavy atom. The zero-order valence-electron chi connectivity index (χ0n) is 51.3. The Kier molecular flexibility index (Phi) is 36.1. The number of phosphoric ester groups is 3. The minimum absolute atomic E-state index is 0.00169. The maximum atomic E-state index is 12.8. The van der Waals surface area contributed by atoms with Gasteiger partial charge in [0.2, 0.25) is 52.4 Å². The number of carbonyl (C=O) groups excluding carboxylic acids is 9. The maximum Gasteiger partial charge on any atom is 0.481 e. The quantitative estimate of drug-likeness (QED) is 0.0167. The normalized spacial score (nSPS) is 18.5. The van der Waals surface area contributed by atoms with Crippen molar-refractivity contribution >= 4 is 136 Å². The summed E-state index contributed by atoms with van der Waals surface area (Å²) in [5.41, 5.74) is 15.5. The zero-order valence-corrected chi connectivity index (χ0v) is 56.6. The van der Waals surface area contributed by atoms with Crippen LogP contribution in [-0.4, -0.2) is 244 Å². The number of aliphatic hydroxyl groups is 2. The summed E-state index contributed by atoms with van der Waals surface area (Å²) in [4.78, 5) is 174. The smallest absolute Gasteiger partial charge is 0.480 e. The van der Waals surface area contributed by atoms with Gasteiger partial charge < -0.3 is 105 Å². The third-order valence-electron chi connectivity index (χ3n) is 13.2. The molecule has 0 bridgehead atoms. The third kappa shape index (κ3) is 31.2. The van der Waals surface area contributed by atoms with E-state index >= 15 is 0 Å². The number of amides is 8. The van der Waals surface area contributed by atoms with Crippen LogP contribution in [0.3, 0.4) is 0 Å². The molecular formula is C48H83N16O25P3S3. The van der Waals surface area contributed by atoms with Gasteiger partial charge in [-0.15, -0.1) is 0 Å². The molecule has 0 aliphatic carbocycles. The topological polar surface area (TPSA) is 640 Å². The van der Waals surface area contributed by atoms with E-state index in [-0.39, 0.29) is 92.5 Å². The van der Waals surface area contributed by atoms with Gasteiger partial charge in [0.1, 0.15) is 54.4 Å². The number of thiol groups is 2. The number of hydrogen-bond donors (Lipinski definition) is 21. The number of hydrogen-bond acceptors (Lipinski definition) is 30. The molecular weight excluding hydrogens is 1390 g/mol. The summed E-state index contributed by atoms with van der Waals surface area (Å²) in [5, 5.41) is 53.0. The van der Waals surface area contributed by atoms with Gasteiger partial charge in [0.15, 0.2) is 17.7 Å². The average molecular weight is 1470 g/mol. The van der Waals surface area contributed by atoms with Gasteiger partial charge in [0, 0.05) is 68.1 Å². The van der Waals surface area contributed by atoms with Gasteiger partial charge in [-0.25, -0.2) is 28.6 Å². The molecule has 1 saturated heterocycles. The summed E-state index contributed by atoms with van der Waals surface area (Å²) in [6.07, 6.45) is -6.24. The van der Waals surface area contributed by atoms with E-state index in [1.54, 1.807) is 0 Å². The Hall–Kier alpha value is -5.57. The molecule has 41 nitrogen and oxygen atoms in total. The molecule has 1 aliphatic rings. The van der Waals surface area contributed by atoms with Crippen molar-refractivity contribution in [2.75, 3.05) is 88.6 Å². The van der Waals surface area contributed by atoms with E-state index in [0.29, 0.717) is 45.4 Å². The molecule has 2 aromatic heterocycles. The number of nitrogens with one attached hydrogen (secondary N) is 9. The number of nitrogens with zero attached hydrogens (tertiary/aromatic N) is 4. The molecule has 8 amide bonds. The number of imidazole rings is 1. The van der Waals surface area contributed by atoms with Crippen molar-refractivity contribution in [2.45, 2.75) is 120 Å². The summed E-state index contributed by atoms with van der Waals surface area (Å²) in [6.45, 7) is 0.948. The van der Waals surface area contributed by atoms with E-state index in [9.17, 15) is 91.4 Å². The fourth-order valence-corrected chi connectivity index (χ4v) is 12.1. The molecule has 1 aliphatic heterocycles. The molecule has 1 fully saturated rings. The van der Waals surface area contributed by atoms with Crippen molar-refractivity contribution in [3.05, 3.63) is 12.7 Å². The highest BCUT2D eigenvalue weighted by molar-refractivity contribution is 8.13. The van der Waals surface area contributed by atoms with E-state index < -0.39 is 155 Å². The number of nitrogen functional groups attached to an aromatic ring is 1. The second-order valence-electron chi connectivity index (χ2n) is 21.4. The molecule has 0 aromatic carbocycles. The zero-order chi connectivity index (χ0) is 71.3. The van der Waals surface area contributed by atoms with Crippen LogP contribution in [0.25, 0.3) is 11.2 Å². The van der Waals surface area contributed by atoms with Crippen LogP contribution < -0.4 is 65.1 Å². The lowest BCUT2D eigenvalue weighted by atomic mass is 9.87. The van der Waals surface area contributed by atoms with E-state index in [2.05, 4.69) is 96.9 Å². The first-order valence-corrected chi connectivity index (χ1v) is 35.7. The predicted molar refractivity (Wildman–Crippen MR) is 339 cm³/mol. The van der Waals surface area contributed by atoms with Crippen molar-refractivity contribution in [3.8, 4) is 0 Å². The molecule has 0 radical (unpaired) electrons. The lowest BCUT2D eigenvalue weighted by Crippen LogP contribution is -2.50. The fourth-order valence-electron chi connectivity index (χ4n) is 8.00. The Morgan fingerprint density at radius 3 is 1.83 bits per heavy atom. The number of carboxylic acid groups (broad SMARTS) is 1. The number of nitrogens with two attached hydrogens (primary N) is 3. The number of fused-ring (bicyclic) bond motifs is 1. The number of aliphatic carboxylic acids is 1. The molecule has 2 aromatic rings. The van der Waals surface area contributed by atoms with E-state index in [0.717, 1.165) is 29.0 Å². The van der Waals surface area contributed by atoms with Gasteiger partial charge in [0.05, 0.1) is 38.7 Å². The minimum Gasteiger partial charge on any atom is -0.480 e. The highest BCUT2D eigenvalue weighted by Crippen LogP contribution is 2.61. The number of carbonyl (C=O) groups is 10. The number of thioether (sulfide) groups is 1. The number of ether oxygens (including phenoxy) is 1. The van der Waals surface area contributed by atoms with Gasteiger partial charge >= 0.3 is 29.4 Å². The van der Waals surface area contributed by atoms with Gasteiger partial charge in [-0.2, -0.15) is 29.6 Å². The summed E-state index contributed by atoms with van der Waals surface area (Å²) >= 11 is 8.91. The molecule has 3 rings (SSSR count). The molecule has 22 N–H and O–H groups in total. The van der Waals surface area contributed by atoms with Crippen LogP contribution in [0.2, 0.25) is 0 Å². The Balaban J connectivity index is 1.23. The number of carboxylic acids is 1. The van der Waals surface area contributed by atoms with Crippen LogP contribution in [0.1, 0.15) is 71.4 Å². The van der Waals surface area contributed by atoms with Crippen LogP contribution in [0.5, 0.6) is 0 Å². The monoisotopic (exact) mass is 1470 g/mol. The van der Waals surface area contributed by atoms with Crippen molar-refractivity contribution in [1.29, 1.82) is 0 Å². The summed E-state index contributed by atoms with van der Waals surface area (Å²) in [7, 11) is -16.6. The SMILES string of the molecule is CC(C)(COP(=O)(O)OP(=O)(O)OCC1OC(n2cnc3c(N)ncnc32)C(O)C1OP(=O)(O)O)C(O)C(=O)NCCC(=O)NCCSC(=O)C(N)CCC(=O)NC(CS)C(=O)NCC(=O)NCCCCNCCCNC(=O)CNC(=O)C(CS)NC(=O)CCC(N)C(=O)O. The first-order valence-electron chi connectivity index (χ1n) is 28.9. The summed E-state index contributed by atoms with van der Waals surface area (Å²) in [6, 6.07) is -4.50. The Bertz CT molecular complexity index is 3090. The van der Waals surface area contributed by atoms with E-state index in [1.807, 2.05) is 0 Å². The highest BCUT2D eigenvalue weighted by Gasteiger charge is 2.50. The van der Waals surface area contributed by atoms with Crippen LogP contribution in [-0.2, 0) is 84.3 Å². The molecule has 3 heterocycles. The summed E-state index contributed by atoms with van der Waals surface area (Å²) < 4.78 is 62.5. The van der Waals surface area contributed by atoms with Crippen molar-refractivity contribution in [1.82, 2.24) is 67.4 Å². The third-order valence-corrected chi connectivity index (χ3v) is 18.0. The lowest BCUT2D eigenvalue weighted by Gasteiger charge is -2.30. The van der Waals surface area contributed by atoms with E-state index in [1.165, 1.54) is 13.8 Å². The molecule has 95 heavy (non-hydrogen) atoms. The highest BCUT2D eigenvalue weighted by atomic mass is 32.2. The molecule has 11 atom stereocenters. The number of aliphatic hydroxyl groups excluding tert-OH is 2. The first kappa shape index (κ1) is 83.7. The second-order valence-corrected chi connectivity index (χ2v) is 27.5. The number of rotatable bonds is 46. The van der Waals surface area contributed by atoms with Gasteiger partial charge in [-0.1, -0.05) is 25.6 Å². The largest absolute Gasteiger partial charge is 0.481 e. The van der Waals surface area contributed by atoms with Crippen LogP contribution in [0.4, 0.5) is 5.82 Å². The fraction of sp³-hybridized carbons (Fsp3) is 0.688. The molecule has 0 spiro atoms. The molecule has 538 valence electrons. The first-order chi connectivity index (χ1) is 44.5. The number of aromatic nitrogens is 4. The molecule has 11 unspecified atom stereocenters. The van der Waals surface area contributed by atoms with Gasteiger partial charge in [0.25, 0.3) is 0 Å². The second kappa shape index (κ2) is 41.0. The molecule has 47 heteroatoms. The van der Waals surface area contributed by atoms with Gasteiger partial charge in [-0.3, -0.25) is 66.1 Å². The number of unbranched alkanes of at least 4 members (excludes halogenated alkanes) is 1. The van der Waals surface area contributed by atoms with Crippen LogP contribution >= 0.6 is 60.5 Å². The average Bonchev–Trinajstić information content (AvgIpc) is 1.63. The Morgan fingerprint density at radius 2 is 1.25 bits per heavy atom. The van der Waals surface area contributed by atoms with Crippen LogP contribution in [0, 0.1) is 5.41 Å². The van der Waals surface area contributed by atoms with Crippen molar-refractivity contribution < 1.29 is 119 Å². The molecule has 0 saturated carbocycles. The minimum atomic E-state index is -5.65. The maximum absolute atomic E-state index is 12.8. The van der Waals surface area contributed by atoms with Crippen LogP contribution in [0.15, 0.2) is 12.7 Å². The Labute approximate surface area is 558 Å². The van der Waals surface area contributed by atoms with Crippen molar-refractivity contribution in [2.24, 2.45) is 16.9 Å².